The highest BCUT2D eigenvalue weighted by Gasteiger charge is 2.35. The molecule has 1 fully saturated rings. The SMILES string of the molecule is Cc1ccc(NC(=O)c2ccc(NC(=O)C3CC(=O)N(C(C)C)C3)cc2)cc1. The van der Waals surface area contributed by atoms with Gasteiger partial charge in [0.15, 0.2) is 0 Å². The van der Waals surface area contributed by atoms with Crippen molar-refractivity contribution in [1.29, 1.82) is 0 Å². The lowest BCUT2D eigenvalue weighted by Gasteiger charge is -2.20. The van der Waals surface area contributed by atoms with Crippen LogP contribution in [-0.4, -0.2) is 35.2 Å². The molecule has 0 bridgehead atoms. The third kappa shape index (κ3) is 4.57. The van der Waals surface area contributed by atoms with Crippen molar-refractivity contribution in [2.75, 3.05) is 17.2 Å². The van der Waals surface area contributed by atoms with Gasteiger partial charge in [-0.15, -0.1) is 0 Å². The van der Waals surface area contributed by atoms with E-state index in [2.05, 4.69) is 10.6 Å². The number of anilines is 2. The van der Waals surface area contributed by atoms with Crippen LogP contribution in [0.2, 0.25) is 0 Å². The summed E-state index contributed by atoms with van der Waals surface area (Å²) < 4.78 is 0. The lowest BCUT2D eigenvalue weighted by Crippen LogP contribution is -2.33. The molecule has 0 aromatic heterocycles. The van der Waals surface area contributed by atoms with Crippen molar-refractivity contribution >= 4 is 29.1 Å². The molecule has 6 nitrogen and oxygen atoms in total. The van der Waals surface area contributed by atoms with E-state index in [1.54, 1.807) is 29.2 Å². The molecule has 0 aliphatic carbocycles. The first kappa shape index (κ1) is 19.6. The van der Waals surface area contributed by atoms with Crippen molar-refractivity contribution in [2.24, 2.45) is 5.92 Å². The van der Waals surface area contributed by atoms with Crippen molar-refractivity contribution in [2.45, 2.75) is 33.2 Å². The average Bonchev–Trinajstić information content (AvgIpc) is 3.06. The summed E-state index contributed by atoms with van der Waals surface area (Å²) >= 11 is 0. The van der Waals surface area contributed by atoms with E-state index in [1.165, 1.54) is 0 Å². The first-order valence-electron chi connectivity index (χ1n) is 9.42. The van der Waals surface area contributed by atoms with Gasteiger partial charge in [0.05, 0.1) is 5.92 Å². The molecule has 3 amide bonds. The summed E-state index contributed by atoms with van der Waals surface area (Å²) in [5.74, 6) is -0.721. The Bertz CT molecular complexity index is 873. The van der Waals surface area contributed by atoms with Crippen LogP contribution >= 0.6 is 0 Å². The maximum Gasteiger partial charge on any atom is 0.255 e. The van der Waals surface area contributed by atoms with E-state index in [0.717, 1.165) is 11.3 Å². The fourth-order valence-electron chi connectivity index (χ4n) is 3.20. The number of amides is 3. The molecule has 3 rings (SSSR count). The van der Waals surface area contributed by atoms with Gasteiger partial charge in [0, 0.05) is 35.9 Å². The molecular weight excluding hydrogens is 354 g/mol. The summed E-state index contributed by atoms with van der Waals surface area (Å²) in [6, 6.07) is 14.4. The number of hydrogen-bond acceptors (Lipinski definition) is 3. The first-order valence-corrected chi connectivity index (χ1v) is 9.42. The molecule has 1 atom stereocenters. The Kier molecular flexibility index (Phi) is 5.78. The minimum atomic E-state index is -0.348. The lowest BCUT2D eigenvalue weighted by molar-refractivity contribution is -0.129. The highest BCUT2D eigenvalue weighted by atomic mass is 16.2. The number of likely N-dealkylation sites (tertiary alicyclic amines) is 1. The van der Waals surface area contributed by atoms with Crippen molar-refractivity contribution in [3.05, 3.63) is 59.7 Å². The minimum Gasteiger partial charge on any atom is -0.339 e. The third-order valence-electron chi connectivity index (χ3n) is 4.88. The molecule has 0 radical (unpaired) electrons. The summed E-state index contributed by atoms with van der Waals surface area (Å²) in [5.41, 5.74) is 2.96. The molecule has 1 unspecified atom stereocenters. The minimum absolute atomic E-state index is 0.0123. The summed E-state index contributed by atoms with van der Waals surface area (Å²) in [5, 5.41) is 5.68. The number of aryl methyl sites for hydroxylation is 1. The van der Waals surface area contributed by atoms with Gasteiger partial charge in [-0.25, -0.2) is 0 Å². The van der Waals surface area contributed by atoms with Crippen LogP contribution in [0.15, 0.2) is 48.5 Å². The fourth-order valence-corrected chi connectivity index (χ4v) is 3.20. The number of nitrogens with zero attached hydrogens (tertiary/aromatic N) is 1. The van der Waals surface area contributed by atoms with E-state index in [0.29, 0.717) is 17.8 Å². The molecule has 146 valence electrons. The maximum absolute atomic E-state index is 12.4. The number of rotatable bonds is 5. The van der Waals surface area contributed by atoms with Crippen molar-refractivity contribution < 1.29 is 14.4 Å². The second kappa shape index (κ2) is 8.25. The maximum atomic E-state index is 12.4. The molecule has 6 heteroatoms. The molecule has 1 heterocycles. The number of hydrogen-bond donors (Lipinski definition) is 2. The average molecular weight is 379 g/mol. The zero-order chi connectivity index (χ0) is 20.3. The van der Waals surface area contributed by atoms with E-state index in [4.69, 9.17) is 0 Å². The van der Waals surface area contributed by atoms with Gasteiger partial charge < -0.3 is 15.5 Å². The smallest absolute Gasteiger partial charge is 0.255 e. The molecular formula is C22H25N3O3. The van der Waals surface area contributed by atoms with E-state index in [-0.39, 0.29) is 36.1 Å². The molecule has 1 saturated heterocycles. The molecule has 1 aliphatic heterocycles. The van der Waals surface area contributed by atoms with Gasteiger partial charge in [0.1, 0.15) is 0 Å². The highest BCUT2D eigenvalue weighted by Crippen LogP contribution is 2.22. The van der Waals surface area contributed by atoms with Crippen LogP contribution in [0.25, 0.3) is 0 Å². The molecule has 2 aromatic rings. The monoisotopic (exact) mass is 379 g/mol. The van der Waals surface area contributed by atoms with Crippen LogP contribution in [0, 0.1) is 12.8 Å². The predicted octanol–water partition coefficient (Wildman–Crippen LogP) is 3.44. The van der Waals surface area contributed by atoms with Gasteiger partial charge in [-0.05, 0) is 57.2 Å². The van der Waals surface area contributed by atoms with Gasteiger partial charge >= 0.3 is 0 Å². The quantitative estimate of drug-likeness (QED) is 0.835. The summed E-state index contributed by atoms with van der Waals surface area (Å²) in [4.78, 5) is 38.5. The van der Waals surface area contributed by atoms with Gasteiger partial charge in [0.25, 0.3) is 5.91 Å². The fraction of sp³-hybridized carbons (Fsp3) is 0.318. The highest BCUT2D eigenvalue weighted by molar-refractivity contribution is 6.04. The molecule has 0 saturated carbocycles. The normalized spacial score (nSPS) is 16.4. The Labute approximate surface area is 164 Å². The summed E-state index contributed by atoms with van der Waals surface area (Å²) in [6.45, 7) is 6.32. The summed E-state index contributed by atoms with van der Waals surface area (Å²) in [7, 11) is 0. The van der Waals surface area contributed by atoms with Gasteiger partial charge in [0.2, 0.25) is 11.8 Å². The third-order valence-corrected chi connectivity index (χ3v) is 4.88. The molecule has 28 heavy (non-hydrogen) atoms. The van der Waals surface area contributed by atoms with E-state index in [1.807, 2.05) is 45.0 Å². The van der Waals surface area contributed by atoms with Crippen LogP contribution in [0.5, 0.6) is 0 Å². The Morgan fingerprint density at radius 3 is 2.11 bits per heavy atom. The van der Waals surface area contributed by atoms with Crippen molar-refractivity contribution in [3.63, 3.8) is 0 Å². The second-order valence-corrected chi connectivity index (χ2v) is 7.43. The standard InChI is InChI=1S/C22H25N3O3/c1-14(2)25-13-17(12-20(25)26)22(28)24-19-10-6-16(7-11-19)21(27)23-18-8-4-15(3)5-9-18/h4-11,14,17H,12-13H2,1-3H3,(H,23,27)(H,24,28). The van der Waals surface area contributed by atoms with Crippen LogP contribution in [0.3, 0.4) is 0 Å². The number of benzene rings is 2. The van der Waals surface area contributed by atoms with Crippen molar-refractivity contribution in [1.82, 2.24) is 4.90 Å². The van der Waals surface area contributed by atoms with Crippen LogP contribution in [0.1, 0.15) is 36.2 Å². The summed E-state index contributed by atoms with van der Waals surface area (Å²) in [6.07, 6.45) is 0.237. The second-order valence-electron chi connectivity index (χ2n) is 7.43. The van der Waals surface area contributed by atoms with Crippen LogP contribution < -0.4 is 10.6 Å². The lowest BCUT2D eigenvalue weighted by atomic mass is 10.1. The number of nitrogens with one attached hydrogen (secondary N) is 2. The Balaban J connectivity index is 1.58. The Morgan fingerprint density at radius 2 is 1.54 bits per heavy atom. The molecule has 2 N–H and O–H groups in total. The van der Waals surface area contributed by atoms with E-state index < -0.39 is 0 Å². The zero-order valence-electron chi connectivity index (χ0n) is 16.4. The topological polar surface area (TPSA) is 78.5 Å². The Hall–Kier alpha value is -3.15. The molecule has 0 spiro atoms. The number of carbonyl (C=O) groups is 3. The predicted molar refractivity (Wildman–Crippen MR) is 109 cm³/mol. The van der Waals surface area contributed by atoms with Gasteiger partial charge in [-0.2, -0.15) is 0 Å². The van der Waals surface area contributed by atoms with Crippen molar-refractivity contribution in [3.8, 4) is 0 Å². The van der Waals surface area contributed by atoms with E-state index in [9.17, 15) is 14.4 Å². The zero-order valence-corrected chi connectivity index (χ0v) is 16.4. The van der Waals surface area contributed by atoms with Crippen LogP contribution in [0.4, 0.5) is 11.4 Å². The first-order chi connectivity index (χ1) is 13.3. The van der Waals surface area contributed by atoms with E-state index >= 15 is 0 Å². The van der Waals surface area contributed by atoms with Gasteiger partial charge in [-0.3, -0.25) is 14.4 Å². The molecule has 2 aromatic carbocycles. The molecule has 1 aliphatic rings. The van der Waals surface area contributed by atoms with Crippen LogP contribution in [-0.2, 0) is 9.59 Å². The number of carbonyl (C=O) groups excluding carboxylic acids is 3. The Morgan fingerprint density at radius 1 is 0.964 bits per heavy atom. The largest absolute Gasteiger partial charge is 0.339 e. The van der Waals surface area contributed by atoms with Gasteiger partial charge in [-0.1, -0.05) is 17.7 Å².